The first-order valence-electron chi connectivity index (χ1n) is 7.51. The molecule has 112 valence electrons. The molecule has 1 amide bonds. The van der Waals surface area contributed by atoms with E-state index in [0.717, 1.165) is 18.9 Å². The number of hydrogen-bond donors (Lipinski definition) is 1. The van der Waals surface area contributed by atoms with Crippen LogP contribution in [-0.4, -0.2) is 40.2 Å². The predicted molar refractivity (Wildman–Crippen MR) is 80.6 cm³/mol. The van der Waals surface area contributed by atoms with Crippen molar-refractivity contribution in [3.63, 3.8) is 0 Å². The van der Waals surface area contributed by atoms with Crippen LogP contribution in [0.1, 0.15) is 40.2 Å². The zero-order valence-corrected chi connectivity index (χ0v) is 13.0. The summed E-state index contributed by atoms with van der Waals surface area (Å²) in [5.41, 5.74) is 0. The van der Waals surface area contributed by atoms with E-state index in [1.165, 1.54) is 6.42 Å². The number of amides is 1. The number of likely N-dealkylation sites (tertiary alicyclic amines) is 1. The maximum absolute atomic E-state index is 12.2. The van der Waals surface area contributed by atoms with Gasteiger partial charge < -0.3 is 5.32 Å². The van der Waals surface area contributed by atoms with Gasteiger partial charge in [0.05, 0.1) is 12.7 Å². The number of carbonyl (C=O) groups is 1. The van der Waals surface area contributed by atoms with Crippen LogP contribution in [0.5, 0.6) is 0 Å². The second-order valence-electron chi connectivity index (χ2n) is 6.44. The van der Waals surface area contributed by atoms with E-state index in [2.05, 4.69) is 43.0 Å². The highest BCUT2D eigenvalue weighted by molar-refractivity contribution is 5.91. The maximum atomic E-state index is 12.2. The standard InChI is InChI=1S/C15H26N4O/c1-11(2)19-14(5-6-16-19)17-15(20)10-18-8-12(3)7-13(4)9-18/h5-6,11-13H,7-10H2,1-4H3,(H,17,20)/t12-,13-/m1/s1. The van der Waals surface area contributed by atoms with Gasteiger partial charge in [-0.1, -0.05) is 13.8 Å². The van der Waals surface area contributed by atoms with Crippen LogP contribution in [0.25, 0.3) is 0 Å². The molecule has 2 rings (SSSR count). The van der Waals surface area contributed by atoms with Crippen molar-refractivity contribution in [2.75, 3.05) is 25.0 Å². The van der Waals surface area contributed by atoms with Gasteiger partial charge in [0.1, 0.15) is 5.82 Å². The summed E-state index contributed by atoms with van der Waals surface area (Å²) in [5.74, 6) is 2.18. The SMILES string of the molecule is CC(C)n1nccc1NC(=O)CN1C[C@H](C)C[C@@H](C)C1. The third-order valence-corrected chi connectivity index (χ3v) is 3.74. The van der Waals surface area contributed by atoms with Crippen LogP contribution in [0.3, 0.4) is 0 Å². The van der Waals surface area contributed by atoms with Crippen molar-refractivity contribution >= 4 is 11.7 Å². The van der Waals surface area contributed by atoms with Crippen molar-refractivity contribution in [3.05, 3.63) is 12.3 Å². The maximum Gasteiger partial charge on any atom is 0.239 e. The number of anilines is 1. The van der Waals surface area contributed by atoms with Crippen molar-refractivity contribution in [1.29, 1.82) is 0 Å². The lowest BCUT2D eigenvalue weighted by Gasteiger charge is -2.34. The topological polar surface area (TPSA) is 50.2 Å². The van der Waals surface area contributed by atoms with Gasteiger partial charge in [0.25, 0.3) is 0 Å². The Morgan fingerprint density at radius 1 is 1.40 bits per heavy atom. The highest BCUT2D eigenvalue weighted by Crippen LogP contribution is 2.20. The molecule has 1 saturated heterocycles. The lowest BCUT2D eigenvalue weighted by Crippen LogP contribution is -2.43. The Balaban J connectivity index is 1.90. The quantitative estimate of drug-likeness (QED) is 0.920. The number of aromatic nitrogens is 2. The van der Waals surface area contributed by atoms with E-state index < -0.39 is 0 Å². The second-order valence-corrected chi connectivity index (χ2v) is 6.44. The lowest BCUT2D eigenvalue weighted by molar-refractivity contribution is -0.118. The fourth-order valence-electron chi connectivity index (χ4n) is 3.13. The van der Waals surface area contributed by atoms with Gasteiger partial charge >= 0.3 is 0 Å². The van der Waals surface area contributed by atoms with Crippen LogP contribution in [0, 0.1) is 11.8 Å². The first-order valence-corrected chi connectivity index (χ1v) is 7.51. The molecule has 1 aliphatic heterocycles. The van der Waals surface area contributed by atoms with Crippen molar-refractivity contribution in [2.24, 2.45) is 11.8 Å². The lowest BCUT2D eigenvalue weighted by atomic mass is 9.92. The molecule has 20 heavy (non-hydrogen) atoms. The van der Waals surface area contributed by atoms with Gasteiger partial charge in [-0.25, -0.2) is 4.68 Å². The second kappa shape index (κ2) is 6.39. The Morgan fingerprint density at radius 2 is 2.05 bits per heavy atom. The summed E-state index contributed by atoms with van der Waals surface area (Å²) in [5, 5.41) is 7.20. The smallest absolute Gasteiger partial charge is 0.239 e. The van der Waals surface area contributed by atoms with Gasteiger partial charge in [-0.3, -0.25) is 9.69 Å². The monoisotopic (exact) mass is 278 g/mol. The van der Waals surface area contributed by atoms with E-state index in [1.807, 2.05) is 10.7 Å². The molecule has 1 aromatic rings. The average molecular weight is 278 g/mol. The Hall–Kier alpha value is -1.36. The molecule has 0 radical (unpaired) electrons. The van der Waals surface area contributed by atoms with Gasteiger partial charge in [-0.2, -0.15) is 5.10 Å². The molecule has 0 bridgehead atoms. The van der Waals surface area contributed by atoms with Crippen LogP contribution in [-0.2, 0) is 4.79 Å². The molecule has 2 heterocycles. The largest absolute Gasteiger partial charge is 0.310 e. The van der Waals surface area contributed by atoms with Crippen LogP contribution in [0.2, 0.25) is 0 Å². The fourth-order valence-corrected chi connectivity index (χ4v) is 3.13. The molecule has 5 nitrogen and oxygen atoms in total. The van der Waals surface area contributed by atoms with Gasteiger partial charge in [-0.05, 0) is 32.1 Å². The number of rotatable bonds is 4. The van der Waals surface area contributed by atoms with E-state index in [-0.39, 0.29) is 11.9 Å². The summed E-state index contributed by atoms with van der Waals surface area (Å²) < 4.78 is 1.83. The molecule has 0 spiro atoms. The summed E-state index contributed by atoms with van der Waals surface area (Å²) in [6.45, 7) is 11.1. The van der Waals surface area contributed by atoms with E-state index in [4.69, 9.17) is 0 Å². The molecule has 1 fully saturated rings. The number of piperidine rings is 1. The van der Waals surface area contributed by atoms with Crippen molar-refractivity contribution in [2.45, 2.75) is 40.2 Å². The minimum Gasteiger partial charge on any atom is -0.310 e. The molecule has 0 aliphatic carbocycles. The molecule has 2 atom stereocenters. The zero-order chi connectivity index (χ0) is 14.7. The van der Waals surface area contributed by atoms with Crippen molar-refractivity contribution < 1.29 is 4.79 Å². The van der Waals surface area contributed by atoms with Crippen LogP contribution in [0.4, 0.5) is 5.82 Å². The summed E-state index contributed by atoms with van der Waals surface area (Å²) in [4.78, 5) is 14.4. The Kier molecular flexibility index (Phi) is 4.81. The first-order chi connectivity index (χ1) is 9.45. The minimum absolute atomic E-state index is 0.0497. The van der Waals surface area contributed by atoms with Crippen molar-refractivity contribution in [3.8, 4) is 0 Å². The zero-order valence-electron chi connectivity index (χ0n) is 13.0. The molecule has 0 unspecified atom stereocenters. The summed E-state index contributed by atoms with van der Waals surface area (Å²) in [6.07, 6.45) is 2.99. The molecular weight excluding hydrogens is 252 g/mol. The van der Waals surface area contributed by atoms with E-state index >= 15 is 0 Å². The Morgan fingerprint density at radius 3 is 2.65 bits per heavy atom. The third kappa shape index (κ3) is 3.82. The van der Waals surface area contributed by atoms with Gasteiger partial charge in [0.15, 0.2) is 0 Å². The highest BCUT2D eigenvalue weighted by Gasteiger charge is 2.23. The molecule has 1 aliphatic rings. The molecule has 1 N–H and O–H groups in total. The van der Waals surface area contributed by atoms with E-state index in [1.54, 1.807) is 6.20 Å². The fraction of sp³-hybridized carbons (Fsp3) is 0.733. The van der Waals surface area contributed by atoms with Crippen molar-refractivity contribution in [1.82, 2.24) is 14.7 Å². The number of hydrogen-bond acceptors (Lipinski definition) is 3. The van der Waals surface area contributed by atoms with Gasteiger partial charge in [0, 0.05) is 25.2 Å². The first kappa shape index (κ1) is 15.0. The van der Waals surface area contributed by atoms with Crippen LogP contribution < -0.4 is 5.32 Å². The van der Waals surface area contributed by atoms with Gasteiger partial charge in [-0.15, -0.1) is 0 Å². The van der Waals surface area contributed by atoms with E-state index in [9.17, 15) is 4.79 Å². The molecule has 0 aromatic carbocycles. The predicted octanol–water partition coefficient (Wildman–Crippen LogP) is 2.38. The number of carbonyl (C=O) groups excluding carboxylic acids is 1. The van der Waals surface area contributed by atoms with E-state index in [0.29, 0.717) is 18.4 Å². The Bertz CT molecular complexity index is 444. The Labute approximate surface area is 121 Å². The normalized spacial score (nSPS) is 24.1. The summed E-state index contributed by atoms with van der Waals surface area (Å²) >= 11 is 0. The summed E-state index contributed by atoms with van der Waals surface area (Å²) in [7, 11) is 0. The average Bonchev–Trinajstić information content (AvgIpc) is 2.75. The van der Waals surface area contributed by atoms with Gasteiger partial charge in [0.2, 0.25) is 5.91 Å². The number of nitrogens with one attached hydrogen (secondary N) is 1. The third-order valence-electron chi connectivity index (χ3n) is 3.74. The summed E-state index contributed by atoms with van der Waals surface area (Å²) in [6, 6.07) is 2.09. The molecule has 5 heteroatoms. The van der Waals surface area contributed by atoms with Crippen LogP contribution in [0.15, 0.2) is 12.3 Å². The molecule has 1 aromatic heterocycles. The minimum atomic E-state index is 0.0497. The molecule has 0 saturated carbocycles. The number of nitrogens with zero attached hydrogens (tertiary/aromatic N) is 3. The van der Waals surface area contributed by atoms with Crippen LogP contribution >= 0.6 is 0 Å². The molecular formula is C15H26N4O. The highest BCUT2D eigenvalue weighted by atomic mass is 16.2.